The molecule has 0 radical (unpaired) electrons. The summed E-state index contributed by atoms with van der Waals surface area (Å²) >= 11 is 0. The van der Waals surface area contributed by atoms with Crippen molar-refractivity contribution in [2.75, 3.05) is 13.1 Å². The van der Waals surface area contributed by atoms with E-state index in [2.05, 4.69) is 16.0 Å². The fraction of sp³-hybridized carbons (Fsp3) is 0.300. The van der Waals surface area contributed by atoms with Crippen LogP contribution in [0.5, 0.6) is 0 Å². The molecular weight excluding hydrogens is 331 g/mol. The number of benzene rings is 2. The van der Waals surface area contributed by atoms with E-state index in [1.165, 1.54) is 0 Å². The number of aromatic amines is 1. The highest BCUT2D eigenvalue weighted by Gasteiger charge is 2.33. The first kappa shape index (κ1) is 16.7. The van der Waals surface area contributed by atoms with Gasteiger partial charge in [-0.15, -0.1) is 0 Å². The Morgan fingerprint density at radius 2 is 2.12 bits per heavy atom. The maximum Gasteiger partial charge on any atom is 0.140 e. The summed E-state index contributed by atoms with van der Waals surface area (Å²) in [7, 11) is 0. The number of nitrogens with zero attached hydrogens (tertiary/aromatic N) is 3. The zero-order valence-corrected chi connectivity index (χ0v) is 14.2. The molecule has 26 heavy (non-hydrogen) atoms. The predicted molar refractivity (Wildman–Crippen MR) is 96.0 cm³/mol. The Hall–Kier alpha value is -2.75. The number of hydrogen-bond donors (Lipinski definition) is 1. The number of para-hydroxylation sites is 2. The average molecular weight is 350 g/mol. The van der Waals surface area contributed by atoms with Gasteiger partial charge in [-0.1, -0.05) is 24.3 Å². The maximum absolute atomic E-state index is 14.3. The van der Waals surface area contributed by atoms with Gasteiger partial charge < -0.3 is 9.72 Å². The number of rotatable bonds is 5. The third-order valence-corrected chi connectivity index (χ3v) is 4.61. The van der Waals surface area contributed by atoms with Gasteiger partial charge in [-0.25, -0.2) is 9.37 Å². The van der Waals surface area contributed by atoms with Crippen molar-refractivity contribution in [3.8, 4) is 6.07 Å². The highest BCUT2D eigenvalue weighted by molar-refractivity contribution is 5.74. The molecule has 0 bridgehead atoms. The quantitative estimate of drug-likeness (QED) is 0.768. The first-order valence-corrected chi connectivity index (χ1v) is 8.62. The number of likely N-dealkylation sites (tertiary alicyclic amines) is 1. The zero-order valence-electron chi connectivity index (χ0n) is 14.2. The summed E-state index contributed by atoms with van der Waals surface area (Å²) in [5.41, 5.74) is 3.46. The topological polar surface area (TPSA) is 64.9 Å². The molecule has 0 amide bonds. The Morgan fingerprint density at radius 1 is 1.23 bits per heavy atom. The van der Waals surface area contributed by atoms with Crippen LogP contribution in [-0.4, -0.2) is 40.2 Å². The summed E-state index contributed by atoms with van der Waals surface area (Å²) in [6.07, 6.45) is -1.50. The number of hydrogen-bond acceptors (Lipinski definition) is 4. The molecule has 6 heteroatoms. The van der Waals surface area contributed by atoms with Gasteiger partial charge in [0.15, 0.2) is 0 Å². The lowest BCUT2D eigenvalue weighted by molar-refractivity contribution is 0.00864. The number of nitrogens with one attached hydrogen (secondary N) is 1. The van der Waals surface area contributed by atoms with E-state index in [0.29, 0.717) is 31.0 Å². The van der Waals surface area contributed by atoms with E-state index in [9.17, 15) is 4.39 Å². The van der Waals surface area contributed by atoms with Gasteiger partial charge in [0.05, 0.1) is 22.7 Å². The average Bonchev–Trinajstić information content (AvgIpc) is 3.22. The standard InChI is InChI=1S/C20H19FN4O/c21-16-11-25(10-15-5-3-4-14(8-15)9-22)12-19(16)26-13-20-23-17-6-1-2-7-18(17)24-20/h1-8,16,19H,10-13H2,(H,23,24)/t16-,19+/m1/s1. The second kappa shape index (κ2) is 7.24. The van der Waals surface area contributed by atoms with Crippen LogP contribution in [0, 0.1) is 11.3 Å². The SMILES string of the molecule is N#Cc1cccc(CN2C[C@@H](F)[C@@H](OCc3nc4ccccc4[nH]3)C2)c1. The molecule has 1 saturated heterocycles. The van der Waals surface area contributed by atoms with Crippen LogP contribution in [0.4, 0.5) is 4.39 Å². The highest BCUT2D eigenvalue weighted by atomic mass is 19.1. The van der Waals surface area contributed by atoms with Crippen LogP contribution < -0.4 is 0 Å². The Bertz CT molecular complexity index is 915. The molecule has 2 aromatic carbocycles. The van der Waals surface area contributed by atoms with E-state index >= 15 is 0 Å². The van der Waals surface area contributed by atoms with Crippen molar-refractivity contribution in [2.24, 2.45) is 0 Å². The molecule has 132 valence electrons. The van der Waals surface area contributed by atoms with Crippen molar-refractivity contribution >= 4 is 11.0 Å². The van der Waals surface area contributed by atoms with Crippen LogP contribution in [-0.2, 0) is 17.9 Å². The Morgan fingerprint density at radius 3 is 2.96 bits per heavy atom. The molecule has 1 aliphatic rings. The van der Waals surface area contributed by atoms with Gasteiger partial charge >= 0.3 is 0 Å². The van der Waals surface area contributed by atoms with Crippen molar-refractivity contribution in [2.45, 2.75) is 25.4 Å². The normalized spacial score (nSPS) is 20.5. The number of ether oxygens (including phenoxy) is 1. The molecule has 5 nitrogen and oxygen atoms in total. The van der Waals surface area contributed by atoms with Crippen LogP contribution in [0.25, 0.3) is 11.0 Å². The molecule has 2 atom stereocenters. The molecule has 1 N–H and O–H groups in total. The second-order valence-corrected chi connectivity index (χ2v) is 6.57. The molecule has 1 aliphatic heterocycles. The van der Waals surface area contributed by atoms with Crippen LogP contribution >= 0.6 is 0 Å². The van der Waals surface area contributed by atoms with Gasteiger partial charge in [-0.2, -0.15) is 5.26 Å². The summed E-state index contributed by atoms with van der Waals surface area (Å²) in [6.45, 7) is 1.73. The van der Waals surface area contributed by atoms with Crippen molar-refractivity contribution in [1.29, 1.82) is 5.26 Å². The van der Waals surface area contributed by atoms with Gasteiger partial charge in [0.25, 0.3) is 0 Å². The predicted octanol–water partition coefficient (Wildman–Crippen LogP) is 3.17. The third-order valence-electron chi connectivity index (χ3n) is 4.61. The first-order valence-electron chi connectivity index (χ1n) is 8.62. The summed E-state index contributed by atoms with van der Waals surface area (Å²) in [6, 6.07) is 17.3. The Labute approximate surface area is 151 Å². The molecule has 1 aromatic heterocycles. The van der Waals surface area contributed by atoms with Crippen LogP contribution in [0.3, 0.4) is 0 Å². The summed E-state index contributed by atoms with van der Waals surface area (Å²) < 4.78 is 20.1. The second-order valence-electron chi connectivity index (χ2n) is 6.57. The molecule has 4 rings (SSSR count). The number of halogens is 1. The molecule has 3 aromatic rings. The van der Waals surface area contributed by atoms with E-state index in [1.54, 1.807) is 6.07 Å². The highest BCUT2D eigenvalue weighted by Crippen LogP contribution is 2.21. The lowest BCUT2D eigenvalue weighted by Gasteiger charge is -2.15. The summed E-state index contributed by atoms with van der Waals surface area (Å²) in [5.74, 6) is 0.707. The number of fused-ring (bicyclic) bond motifs is 1. The minimum atomic E-state index is -1.03. The first-order chi connectivity index (χ1) is 12.7. The molecule has 0 saturated carbocycles. The van der Waals surface area contributed by atoms with Gasteiger partial charge in [0.1, 0.15) is 24.7 Å². The smallest absolute Gasteiger partial charge is 0.140 e. The van der Waals surface area contributed by atoms with Crippen molar-refractivity contribution in [1.82, 2.24) is 14.9 Å². The number of nitriles is 1. The van der Waals surface area contributed by atoms with E-state index in [0.717, 1.165) is 16.6 Å². The zero-order chi connectivity index (χ0) is 17.9. The van der Waals surface area contributed by atoms with E-state index in [4.69, 9.17) is 10.00 Å². The number of aromatic nitrogens is 2. The van der Waals surface area contributed by atoms with Gasteiger partial charge in [-0.3, -0.25) is 4.90 Å². The van der Waals surface area contributed by atoms with E-state index < -0.39 is 12.3 Å². The van der Waals surface area contributed by atoms with E-state index in [-0.39, 0.29) is 6.61 Å². The van der Waals surface area contributed by atoms with Crippen LogP contribution in [0.15, 0.2) is 48.5 Å². The molecular formula is C20H19FN4O. The lowest BCUT2D eigenvalue weighted by atomic mass is 10.1. The minimum Gasteiger partial charge on any atom is -0.366 e. The fourth-order valence-corrected chi connectivity index (χ4v) is 3.35. The molecule has 0 aliphatic carbocycles. The van der Waals surface area contributed by atoms with Gasteiger partial charge in [0.2, 0.25) is 0 Å². The molecule has 2 heterocycles. The summed E-state index contributed by atoms with van der Waals surface area (Å²) in [5, 5.41) is 8.99. The summed E-state index contributed by atoms with van der Waals surface area (Å²) in [4.78, 5) is 9.67. The third kappa shape index (κ3) is 3.59. The van der Waals surface area contributed by atoms with Crippen molar-refractivity contribution in [3.05, 3.63) is 65.5 Å². The molecule has 0 spiro atoms. The maximum atomic E-state index is 14.3. The molecule has 0 unspecified atom stereocenters. The van der Waals surface area contributed by atoms with Gasteiger partial charge in [-0.05, 0) is 29.8 Å². The Balaban J connectivity index is 1.35. The van der Waals surface area contributed by atoms with Gasteiger partial charge in [0, 0.05) is 19.6 Å². The van der Waals surface area contributed by atoms with Crippen molar-refractivity contribution in [3.63, 3.8) is 0 Å². The largest absolute Gasteiger partial charge is 0.366 e. The monoisotopic (exact) mass is 350 g/mol. The number of alkyl halides is 1. The number of H-pyrrole nitrogens is 1. The molecule has 1 fully saturated rings. The number of imidazole rings is 1. The van der Waals surface area contributed by atoms with Crippen LogP contribution in [0.1, 0.15) is 17.0 Å². The lowest BCUT2D eigenvalue weighted by Crippen LogP contribution is -2.24. The van der Waals surface area contributed by atoms with Crippen LogP contribution in [0.2, 0.25) is 0 Å². The Kier molecular flexibility index (Phi) is 4.65. The van der Waals surface area contributed by atoms with E-state index in [1.807, 2.05) is 47.4 Å². The minimum absolute atomic E-state index is 0.261. The van der Waals surface area contributed by atoms with Crippen molar-refractivity contribution < 1.29 is 9.13 Å². The fourth-order valence-electron chi connectivity index (χ4n) is 3.35.